The van der Waals surface area contributed by atoms with E-state index in [1.807, 2.05) is 6.07 Å². The van der Waals surface area contributed by atoms with Crippen LogP contribution < -0.4 is 4.90 Å². The van der Waals surface area contributed by atoms with Gasteiger partial charge in [0.2, 0.25) is 10.0 Å². The van der Waals surface area contributed by atoms with Gasteiger partial charge in [-0.15, -0.1) is 0 Å². The number of anilines is 1. The summed E-state index contributed by atoms with van der Waals surface area (Å²) in [4.78, 5) is 11.2. The van der Waals surface area contributed by atoms with Crippen LogP contribution in [-0.2, 0) is 15.4 Å². The maximum absolute atomic E-state index is 12.6. The predicted octanol–water partition coefficient (Wildman–Crippen LogP) is 1.52. The maximum Gasteiger partial charge on any atom is 0.247 e. The van der Waals surface area contributed by atoms with Crippen molar-refractivity contribution in [3.63, 3.8) is 0 Å². The fourth-order valence-electron chi connectivity index (χ4n) is 3.74. The molecule has 0 N–H and O–H groups in total. The van der Waals surface area contributed by atoms with Crippen molar-refractivity contribution in [3.05, 3.63) is 30.5 Å². The van der Waals surface area contributed by atoms with Crippen LogP contribution in [0.15, 0.2) is 34.3 Å². The van der Waals surface area contributed by atoms with Crippen LogP contribution in [0.2, 0.25) is 0 Å². The molecule has 4 rings (SSSR count). The lowest BCUT2D eigenvalue weighted by molar-refractivity contribution is 0.415. The van der Waals surface area contributed by atoms with Crippen molar-refractivity contribution in [2.75, 3.05) is 31.1 Å². The summed E-state index contributed by atoms with van der Waals surface area (Å²) in [5.74, 6) is 1.53. The molecular formula is C17H23N5O3S. The zero-order chi connectivity index (χ0) is 18.5. The van der Waals surface area contributed by atoms with E-state index in [2.05, 4.69) is 45.3 Å². The molecule has 0 bridgehead atoms. The average Bonchev–Trinajstić information content (AvgIpc) is 3.30. The van der Waals surface area contributed by atoms with E-state index in [-0.39, 0.29) is 10.3 Å². The van der Waals surface area contributed by atoms with Gasteiger partial charge in [0.15, 0.2) is 0 Å². The summed E-state index contributed by atoms with van der Waals surface area (Å²) < 4.78 is 31.5. The average molecular weight is 377 g/mol. The fourth-order valence-corrected chi connectivity index (χ4v) is 5.15. The van der Waals surface area contributed by atoms with E-state index in [1.54, 1.807) is 10.6 Å². The molecule has 2 unspecified atom stereocenters. The Morgan fingerprint density at radius 1 is 1.12 bits per heavy atom. The molecule has 0 saturated carbocycles. The first kappa shape index (κ1) is 17.4. The molecule has 2 saturated heterocycles. The van der Waals surface area contributed by atoms with Gasteiger partial charge in [0, 0.05) is 37.7 Å². The number of fused-ring (bicyclic) bond motifs is 1. The van der Waals surface area contributed by atoms with E-state index in [0.29, 0.717) is 24.9 Å². The minimum absolute atomic E-state index is 0.0310. The van der Waals surface area contributed by atoms with Gasteiger partial charge >= 0.3 is 0 Å². The molecule has 2 atom stereocenters. The highest BCUT2D eigenvalue weighted by atomic mass is 32.2. The SMILES string of the molecule is CC(C)(C)c1cc(N2CC3CN(S(=O)(=O)c4cnoc4)CC3C2)ncn1. The van der Waals surface area contributed by atoms with Crippen molar-refractivity contribution in [1.29, 1.82) is 0 Å². The highest BCUT2D eigenvalue weighted by molar-refractivity contribution is 7.89. The van der Waals surface area contributed by atoms with Crippen molar-refractivity contribution in [3.8, 4) is 0 Å². The van der Waals surface area contributed by atoms with E-state index in [4.69, 9.17) is 0 Å². The van der Waals surface area contributed by atoms with Crippen molar-refractivity contribution in [2.45, 2.75) is 31.1 Å². The molecule has 0 radical (unpaired) electrons. The third-order valence-electron chi connectivity index (χ3n) is 5.25. The first-order chi connectivity index (χ1) is 12.2. The van der Waals surface area contributed by atoms with Gasteiger partial charge in [0.25, 0.3) is 0 Å². The largest absolute Gasteiger partial charge is 0.363 e. The predicted molar refractivity (Wildman–Crippen MR) is 95.2 cm³/mol. The van der Waals surface area contributed by atoms with Crippen molar-refractivity contribution in [1.82, 2.24) is 19.4 Å². The molecule has 0 amide bonds. The number of aromatic nitrogens is 3. The van der Waals surface area contributed by atoms with Gasteiger partial charge in [-0.05, 0) is 11.8 Å². The van der Waals surface area contributed by atoms with Gasteiger partial charge in [-0.2, -0.15) is 4.31 Å². The first-order valence-electron chi connectivity index (χ1n) is 8.72. The van der Waals surface area contributed by atoms with E-state index >= 15 is 0 Å². The molecule has 9 heteroatoms. The van der Waals surface area contributed by atoms with Gasteiger partial charge in [-0.25, -0.2) is 18.4 Å². The molecule has 4 heterocycles. The van der Waals surface area contributed by atoms with Crippen molar-refractivity contribution >= 4 is 15.8 Å². The Morgan fingerprint density at radius 3 is 2.38 bits per heavy atom. The zero-order valence-corrected chi connectivity index (χ0v) is 16.0. The third-order valence-corrected chi connectivity index (χ3v) is 7.02. The lowest BCUT2D eigenvalue weighted by Gasteiger charge is -2.24. The minimum atomic E-state index is -3.51. The summed E-state index contributed by atoms with van der Waals surface area (Å²) in [6.07, 6.45) is 4.06. The molecule has 140 valence electrons. The highest BCUT2D eigenvalue weighted by Crippen LogP contribution is 2.36. The van der Waals surface area contributed by atoms with Crippen molar-refractivity contribution in [2.24, 2.45) is 11.8 Å². The van der Waals surface area contributed by atoms with Crippen LogP contribution in [0.5, 0.6) is 0 Å². The van der Waals surface area contributed by atoms with Gasteiger partial charge in [0.05, 0.1) is 11.9 Å². The topological polar surface area (TPSA) is 92.4 Å². The molecule has 8 nitrogen and oxygen atoms in total. The normalized spacial score (nSPS) is 24.2. The van der Waals surface area contributed by atoms with Gasteiger partial charge < -0.3 is 9.42 Å². The Morgan fingerprint density at radius 2 is 1.81 bits per heavy atom. The van der Waals surface area contributed by atoms with E-state index in [1.165, 1.54) is 12.5 Å². The van der Waals surface area contributed by atoms with E-state index < -0.39 is 10.0 Å². The molecule has 2 aromatic rings. The molecule has 0 spiro atoms. The molecular weight excluding hydrogens is 354 g/mol. The third kappa shape index (κ3) is 2.99. The molecule has 2 aliphatic heterocycles. The maximum atomic E-state index is 12.6. The molecule has 0 aliphatic carbocycles. The zero-order valence-electron chi connectivity index (χ0n) is 15.2. The van der Waals surface area contributed by atoms with Crippen molar-refractivity contribution < 1.29 is 12.9 Å². The summed E-state index contributed by atoms with van der Waals surface area (Å²) in [6, 6.07) is 2.05. The second kappa shape index (κ2) is 6.02. The quantitative estimate of drug-likeness (QED) is 0.800. The Bertz CT molecular complexity index is 877. The number of sulfonamides is 1. The van der Waals surface area contributed by atoms with E-state index in [9.17, 15) is 8.42 Å². The Balaban J connectivity index is 1.48. The fraction of sp³-hybridized carbons (Fsp3) is 0.588. The standard InChI is InChI=1S/C17H23N5O3S/c1-17(2,3)15-4-16(19-11-18-15)21-6-12-8-22(9-13(12)7-21)26(23,24)14-5-20-25-10-14/h4-5,10-13H,6-9H2,1-3H3. The Labute approximate surface area is 153 Å². The summed E-state index contributed by atoms with van der Waals surface area (Å²) in [7, 11) is -3.51. The summed E-state index contributed by atoms with van der Waals surface area (Å²) in [6.45, 7) is 9.04. The van der Waals surface area contributed by atoms with Crippen LogP contribution >= 0.6 is 0 Å². The smallest absolute Gasteiger partial charge is 0.247 e. The Hall–Kier alpha value is -2.00. The summed E-state index contributed by atoms with van der Waals surface area (Å²) >= 11 is 0. The lowest BCUT2D eigenvalue weighted by atomic mass is 9.92. The van der Waals surface area contributed by atoms with Crippen LogP contribution in [0, 0.1) is 11.8 Å². The first-order valence-corrected chi connectivity index (χ1v) is 10.2. The Kier molecular flexibility index (Phi) is 4.03. The van der Waals surface area contributed by atoms with Crippen LogP contribution in [0.25, 0.3) is 0 Å². The van der Waals surface area contributed by atoms with E-state index in [0.717, 1.165) is 24.6 Å². The van der Waals surface area contributed by atoms with Crippen LogP contribution in [0.1, 0.15) is 26.5 Å². The monoisotopic (exact) mass is 377 g/mol. The van der Waals surface area contributed by atoms with Crippen LogP contribution in [-0.4, -0.2) is 54.0 Å². The molecule has 26 heavy (non-hydrogen) atoms. The molecule has 2 aromatic heterocycles. The second-order valence-corrected chi connectivity index (χ2v) is 10.1. The molecule has 2 aliphatic rings. The van der Waals surface area contributed by atoms with Gasteiger partial charge in [-0.1, -0.05) is 25.9 Å². The highest BCUT2D eigenvalue weighted by Gasteiger charge is 2.45. The van der Waals surface area contributed by atoms with Gasteiger partial charge in [0.1, 0.15) is 23.3 Å². The number of nitrogens with zero attached hydrogens (tertiary/aromatic N) is 5. The van der Waals surface area contributed by atoms with Crippen LogP contribution in [0.3, 0.4) is 0 Å². The lowest BCUT2D eigenvalue weighted by Crippen LogP contribution is -2.33. The number of hydrogen-bond acceptors (Lipinski definition) is 7. The molecule has 0 aromatic carbocycles. The van der Waals surface area contributed by atoms with Crippen LogP contribution in [0.4, 0.5) is 5.82 Å². The number of hydrogen-bond donors (Lipinski definition) is 0. The molecule has 2 fully saturated rings. The van der Waals surface area contributed by atoms with Gasteiger partial charge in [-0.3, -0.25) is 0 Å². The summed E-state index contributed by atoms with van der Waals surface area (Å²) in [5.41, 5.74) is 0.979. The minimum Gasteiger partial charge on any atom is -0.363 e. The number of rotatable bonds is 3. The second-order valence-electron chi connectivity index (χ2n) is 8.12. The summed E-state index contributed by atoms with van der Waals surface area (Å²) in [5, 5.41) is 3.51.